The zero-order chi connectivity index (χ0) is 43.9. The molecule has 2 saturated heterocycles. The SMILES string of the molecule is C#CCOCCOCCOCCNc1nc(N2CCN(C(=O)[C@H](CO)n3cc([C@@H](N)C(C)C)nn3)CC2)nc(N2CCN(C(=O)[C@H](CO)n3cc([C@@H](N)C(C)C)nn3)CC2)n1. The third-order valence-electron chi connectivity index (χ3n) is 10.5. The highest BCUT2D eigenvalue weighted by Gasteiger charge is 2.33. The second-order valence-electron chi connectivity index (χ2n) is 15.5. The molecule has 7 N–H and O–H groups in total. The van der Waals surface area contributed by atoms with Crippen LogP contribution in [0, 0.1) is 24.2 Å². The molecule has 5 rings (SSSR count). The number of piperazine rings is 2. The first-order valence-electron chi connectivity index (χ1n) is 20.8. The van der Waals surface area contributed by atoms with Crippen molar-refractivity contribution >= 4 is 29.7 Å². The van der Waals surface area contributed by atoms with E-state index in [2.05, 4.69) is 31.9 Å². The summed E-state index contributed by atoms with van der Waals surface area (Å²) in [4.78, 5) is 48.9. The lowest BCUT2D eigenvalue weighted by Gasteiger charge is -2.37. The number of aliphatic hydroxyl groups is 2. The molecule has 23 nitrogen and oxygen atoms in total. The highest BCUT2D eigenvalue weighted by atomic mass is 16.5. The Balaban J connectivity index is 1.22. The Morgan fingerprint density at radius 3 is 1.54 bits per heavy atom. The summed E-state index contributed by atoms with van der Waals surface area (Å²) in [6.45, 7) is 12.7. The number of rotatable bonds is 23. The van der Waals surface area contributed by atoms with Gasteiger partial charge in [-0.2, -0.15) is 15.0 Å². The van der Waals surface area contributed by atoms with Crippen molar-refractivity contribution in [1.82, 2.24) is 54.7 Å². The van der Waals surface area contributed by atoms with Gasteiger partial charge in [0.1, 0.15) is 6.61 Å². The van der Waals surface area contributed by atoms with Gasteiger partial charge in [0.2, 0.25) is 29.7 Å². The molecular formula is C38H62N16O7. The third kappa shape index (κ3) is 12.7. The van der Waals surface area contributed by atoms with E-state index in [0.717, 1.165) is 0 Å². The van der Waals surface area contributed by atoms with Gasteiger partial charge in [-0.05, 0) is 11.8 Å². The van der Waals surface area contributed by atoms with Gasteiger partial charge >= 0.3 is 0 Å². The number of nitrogens with zero attached hydrogens (tertiary/aromatic N) is 13. The number of carbonyl (C=O) groups excluding carboxylic acids is 2. The van der Waals surface area contributed by atoms with Crippen LogP contribution in [0.3, 0.4) is 0 Å². The molecule has 3 aromatic rings. The summed E-state index contributed by atoms with van der Waals surface area (Å²) < 4.78 is 19.2. The number of nitrogens with one attached hydrogen (secondary N) is 1. The van der Waals surface area contributed by atoms with Crippen molar-refractivity contribution in [2.45, 2.75) is 51.9 Å². The molecule has 3 aromatic heterocycles. The van der Waals surface area contributed by atoms with Crippen molar-refractivity contribution in [2.24, 2.45) is 23.3 Å². The van der Waals surface area contributed by atoms with E-state index in [9.17, 15) is 19.8 Å². The summed E-state index contributed by atoms with van der Waals surface area (Å²) in [5.74, 6) is 3.27. The topological polar surface area (TPSA) is 279 Å². The van der Waals surface area contributed by atoms with Crippen molar-refractivity contribution in [1.29, 1.82) is 0 Å². The van der Waals surface area contributed by atoms with E-state index in [1.165, 1.54) is 9.36 Å². The van der Waals surface area contributed by atoms with Gasteiger partial charge in [0.15, 0.2) is 12.1 Å². The lowest BCUT2D eigenvalue weighted by Crippen LogP contribution is -2.52. The smallest absolute Gasteiger partial charge is 0.250 e. The number of hydrogen-bond donors (Lipinski definition) is 5. The first-order valence-corrected chi connectivity index (χ1v) is 20.8. The van der Waals surface area contributed by atoms with Crippen LogP contribution in [0.5, 0.6) is 0 Å². The molecule has 4 atom stereocenters. The quantitative estimate of drug-likeness (QED) is 0.0521. The van der Waals surface area contributed by atoms with Crippen LogP contribution < -0.4 is 26.6 Å². The summed E-state index contributed by atoms with van der Waals surface area (Å²) in [5.41, 5.74) is 13.6. The average molecular weight is 855 g/mol. The Hall–Kier alpha value is -5.09. The number of terminal acetylenes is 1. The van der Waals surface area contributed by atoms with Crippen LogP contribution in [-0.4, -0.2) is 189 Å². The molecule has 23 heteroatoms. The lowest BCUT2D eigenvalue weighted by atomic mass is 10.0. The maximum Gasteiger partial charge on any atom is 0.250 e. The molecule has 0 saturated carbocycles. The number of aromatic nitrogens is 9. The standard InChI is InChI=1S/C38H62N16O7/c1-6-16-59-18-20-61-21-19-60-17-7-41-36-42-37(51-12-8-49(9-13-51)34(57)30(24-55)53-22-28(45-47-53)32(39)26(2)3)44-38(43-36)52-14-10-50(11-15-52)35(58)31(25-56)54-23-29(46-48-54)33(40)27(4)5/h1,22-23,26-27,30-33,55-56H,7-21,24-25,39-40H2,2-5H3,(H,41,42,43,44)/t30-,31-,32-,33-/m0/s1. The first kappa shape index (κ1) is 47.0. The molecule has 0 spiro atoms. The van der Waals surface area contributed by atoms with Gasteiger partial charge in [-0.3, -0.25) is 9.59 Å². The van der Waals surface area contributed by atoms with Gasteiger partial charge in [0.25, 0.3) is 0 Å². The number of amides is 2. The molecule has 0 aliphatic carbocycles. The van der Waals surface area contributed by atoms with Gasteiger partial charge < -0.3 is 60.8 Å². The van der Waals surface area contributed by atoms with Crippen LogP contribution >= 0.6 is 0 Å². The van der Waals surface area contributed by atoms with Crippen molar-refractivity contribution in [2.75, 3.05) is 127 Å². The van der Waals surface area contributed by atoms with E-state index >= 15 is 0 Å². The first-order chi connectivity index (χ1) is 29.4. The van der Waals surface area contributed by atoms with Gasteiger partial charge in [-0.1, -0.05) is 44.0 Å². The molecule has 0 radical (unpaired) electrons. The molecule has 2 aliphatic heterocycles. The van der Waals surface area contributed by atoms with Crippen molar-refractivity contribution in [3.8, 4) is 12.3 Å². The van der Waals surface area contributed by atoms with Gasteiger partial charge in [-0.25, -0.2) is 9.36 Å². The molecule has 2 amide bonds. The van der Waals surface area contributed by atoms with Crippen molar-refractivity contribution in [3.05, 3.63) is 23.8 Å². The highest BCUT2D eigenvalue weighted by Crippen LogP contribution is 2.23. The Kier molecular flexibility index (Phi) is 17.9. The molecule has 336 valence electrons. The molecule has 2 aliphatic rings. The average Bonchev–Trinajstić information content (AvgIpc) is 3.97. The molecule has 61 heavy (non-hydrogen) atoms. The zero-order valence-corrected chi connectivity index (χ0v) is 35.6. The number of ether oxygens (including phenoxy) is 3. The number of nitrogens with two attached hydrogens (primary N) is 2. The number of anilines is 3. The largest absolute Gasteiger partial charge is 0.394 e. The fourth-order valence-corrected chi connectivity index (χ4v) is 6.62. The van der Waals surface area contributed by atoms with Gasteiger partial charge in [0, 0.05) is 58.9 Å². The van der Waals surface area contributed by atoms with Gasteiger partial charge in [0.05, 0.1) is 82.1 Å². The third-order valence-corrected chi connectivity index (χ3v) is 10.5. The minimum Gasteiger partial charge on any atom is -0.394 e. The number of carbonyl (C=O) groups is 2. The van der Waals surface area contributed by atoms with E-state index in [-0.39, 0.29) is 42.3 Å². The van der Waals surface area contributed by atoms with E-state index in [1.807, 2.05) is 37.5 Å². The summed E-state index contributed by atoms with van der Waals surface area (Å²) >= 11 is 0. The van der Waals surface area contributed by atoms with E-state index < -0.39 is 25.3 Å². The summed E-state index contributed by atoms with van der Waals surface area (Å²) in [6.07, 6.45) is 8.42. The molecule has 0 bridgehead atoms. The van der Waals surface area contributed by atoms with E-state index in [4.69, 9.17) is 47.1 Å². The van der Waals surface area contributed by atoms with Crippen LogP contribution in [-0.2, 0) is 23.8 Å². The van der Waals surface area contributed by atoms with E-state index in [1.54, 1.807) is 22.2 Å². The molecule has 5 heterocycles. The maximum atomic E-state index is 13.6. The monoisotopic (exact) mass is 854 g/mol. The highest BCUT2D eigenvalue weighted by molar-refractivity contribution is 5.81. The zero-order valence-electron chi connectivity index (χ0n) is 35.6. The second kappa shape index (κ2) is 23.2. The molecular weight excluding hydrogens is 793 g/mol. The maximum absolute atomic E-state index is 13.6. The van der Waals surface area contributed by atoms with Crippen molar-refractivity contribution < 1.29 is 34.0 Å². The molecule has 0 aromatic carbocycles. The molecule has 2 fully saturated rings. The van der Waals surface area contributed by atoms with Crippen LogP contribution in [0.25, 0.3) is 0 Å². The van der Waals surface area contributed by atoms with E-state index in [0.29, 0.717) is 121 Å². The van der Waals surface area contributed by atoms with Gasteiger partial charge in [-0.15, -0.1) is 16.6 Å². The van der Waals surface area contributed by atoms with Crippen LogP contribution in [0.2, 0.25) is 0 Å². The number of hydrogen-bond acceptors (Lipinski definition) is 19. The summed E-state index contributed by atoms with van der Waals surface area (Å²) in [5, 5.41) is 40.2. The Bertz CT molecular complexity index is 1740. The predicted molar refractivity (Wildman–Crippen MR) is 223 cm³/mol. The normalized spacial score (nSPS) is 16.8. The summed E-state index contributed by atoms with van der Waals surface area (Å²) in [7, 11) is 0. The van der Waals surface area contributed by atoms with Crippen molar-refractivity contribution in [3.63, 3.8) is 0 Å². The fourth-order valence-electron chi connectivity index (χ4n) is 6.62. The molecule has 0 unspecified atom stereocenters. The Morgan fingerprint density at radius 2 is 1.13 bits per heavy atom. The lowest BCUT2D eigenvalue weighted by molar-refractivity contribution is -0.137. The minimum absolute atomic E-state index is 0.122. The Labute approximate surface area is 356 Å². The second-order valence-corrected chi connectivity index (χ2v) is 15.5. The summed E-state index contributed by atoms with van der Waals surface area (Å²) in [6, 6.07) is -2.58. The fraction of sp³-hybridized carbons (Fsp3) is 0.711. The minimum atomic E-state index is -0.941. The van der Waals surface area contributed by atoms with Crippen LogP contribution in [0.4, 0.5) is 17.8 Å². The van der Waals surface area contributed by atoms with Crippen LogP contribution in [0.1, 0.15) is 63.3 Å². The Morgan fingerprint density at radius 1 is 0.705 bits per heavy atom. The predicted octanol–water partition coefficient (Wildman–Crippen LogP) is -1.77. The number of aliphatic hydroxyl groups excluding tert-OH is 2. The van der Waals surface area contributed by atoms with Crippen LogP contribution in [0.15, 0.2) is 12.4 Å².